The average Bonchev–Trinajstić information content (AvgIpc) is 2.76. The Bertz CT molecular complexity index is 888. The maximum Gasteiger partial charge on any atom is 0.242 e. The third kappa shape index (κ3) is 6.47. The molecule has 2 aromatic carbocycles. The van der Waals surface area contributed by atoms with Gasteiger partial charge in [-0.1, -0.05) is 78.4 Å². The van der Waals surface area contributed by atoms with Gasteiger partial charge in [-0.25, -0.2) is 0 Å². The Kier molecular flexibility index (Phi) is 8.39. The maximum atomic E-state index is 13.4. The number of rotatable bonds is 7. The van der Waals surface area contributed by atoms with Gasteiger partial charge in [-0.15, -0.1) is 0 Å². The lowest BCUT2D eigenvalue weighted by molar-refractivity contribution is -0.140. The Labute approximate surface area is 194 Å². The molecule has 0 radical (unpaired) electrons. The summed E-state index contributed by atoms with van der Waals surface area (Å²) >= 11 is 12.6. The summed E-state index contributed by atoms with van der Waals surface area (Å²) in [6.07, 6.45) is 5.54. The van der Waals surface area contributed by atoms with Gasteiger partial charge in [0.25, 0.3) is 0 Å². The van der Waals surface area contributed by atoms with Gasteiger partial charge >= 0.3 is 0 Å². The normalized spacial score (nSPS) is 15.4. The first-order valence-corrected chi connectivity index (χ1v) is 11.7. The second-order valence-electron chi connectivity index (χ2n) is 8.40. The van der Waals surface area contributed by atoms with E-state index >= 15 is 0 Å². The summed E-state index contributed by atoms with van der Waals surface area (Å²) < 4.78 is 0. The molecule has 0 bridgehead atoms. The lowest BCUT2D eigenvalue weighted by atomic mass is 9.95. The van der Waals surface area contributed by atoms with Crippen molar-refractivity contribution in [1.29, 1.82) is 0 Å². The number of benzene rings is 2. The van der Waals surface area contributed by atoms with Crippen LogP contribution in [-0.2, 0) is 22.6 Å². The highest BCUT2D eigenvalue weighted by molar-refractivity contribution is 6.36. The summed E-state index contributed by atoms with van der Waals surface area (Å²) in [7, 11) is 0. The highest BCUT2D eigenvalue weighted by Gasteiger charge is 2.28. The van der Waals surface area contributed by atoms with Gasteiger partial charge < -0.3 is 10.2 Å². The average molecular weight is 461 g/mol. The van der Waals surface area contributed by atoms with Crippen LogP contribution in [0, 0.1) is 6.92 Å². The van der Waals surface area contributed by atoms with Crippen LogP contribution in [0.1, 0.15) is 55.7 Å². The molecular weight excluding hydrogens is 431 g/mol. The third-order valence-corrected chi connectivity index (χ3v) is 6.69. The number of carbonyl (C=O) groups excluding carboxylic acids is 2. The Balaban J connectivity index is 1.79. The molecule has 3 rings (SSSR count). The lowest BCUT2D eigenvalue weighted by Gasteiger charge is -2.31. The van der Waals surface area contributed by atoms with E-state index in [9.17, 15) is 9.59 Å². The zero-order valence-corrected chi connectivity index (χ0v) is 19.7. The summed E-state index contributed by atoms with van der Waals surface area (Å²) in [5.74, 6) is -0.292. The molecule has 31 heavy (non-hydrogen) atoms. The van der Waals surface area contributed by atoms with E-state index in [1.807, 2.05) is 31.2 Å². The van der Waals surface area contributed by atoms with Gasteiger partial charge in [0.05, 0.1) is 6.42 Å². The molecule has 2 amide bonds. The number of nitrogens with one attached hydrogen (secondary N) is 1. The van der Waals surface area contributed by atoms with Crippen molar-refractivity contribution in [2.24, 2.45) is 0 Å². The quantitative estimate of drug-likeness (QED) is 0.574. The first kappa shape index (κ1) is 23.6. The standard InChI is InChI=1S/C25H30Cl2N2O2/c1-17-11-13-19(14-12-17)16-29(18(2)25(31)28-20-7-4-3-5-8-20)24(30)15-21-22(26)9-6-10-23(21)27/h6,9-14,18,20H,3-5,7-8,15-16H2,1-2H3,(H,28,31). The molecule has 0 aliphatic heterocycles. The van der Waals surface area contributed by atoms with Crippen LogP contribution in [0.25, 0.3) is 0 Å². The van der Waals surface area contributed by atoms with Crippen LogP contribution in [-0.4, -0.2) is 28.8 Å². The molecule has 166 valence electrons. The minimum atomic E-state index is -0.600. The van der Waals surface area contributed by atoms with Crippen LogP contribution < -0.4 is 5.32 Å². The van der Waals surface area contributed by atoms with E-state index in [0.717, 1.165) is 36.8 Å². The lowest BCUT2D eigenvalue weighted by Crippen LogP contribution is -2.50. The fourth-order valence-corrected chi connectivity index (χ4v) is 4.53. The van der Waals surface area contributed by atoms with Crippen molar-refractivity contribution in [1.82, 2.24) is 10.2 Å². The van der Waals surface area contributed by atoms with Gasteiger partial charge in [0.2, 0.25) is 11.8 Å². The maximum absolute atomic E-state index is 13.4. The number of nitrogens with zero attached hydrogens (tertiary/aromatic N) is 1. The zero-order chi connectivity index (χ0) is 22.4. The summed E-state index contributed by atoms with van der Waals surface area (Å²) in [6.45, 7) is 4.16. The van der Waals surface area contributed by atoms with Crippen LogP contribution in [0.5, 0.6) is 0 Å². The fourth-order valence-electron chi connectivity index (χ4n) is 4.00. The molecule has 2 aromatic rings. The van der Waals surface area contributed by atoms with Gasteiger partial charge in [0, 0.05) is 22.6 Å². The van der Waals surface area contributed by atoms with Gasteiger partial charge in [-0.2, -0.15) is 0 Å². The van der Waals surface area contributed by atoms with Crippen molar-refractivity contribution in [3.8, 4) is 0 Å². The number of aryl methyl sites for hydroxylation is 1. The van der Waals surface area contributed by atoms with Gasteiger partial charge in [-0.05, 0) is 49.9 Å². The van der Waals surface area contributed by atoms with E-state index in [2.05, 4.69) is 5.32 Å². The summed E-state index contributed by atoms with van der Waals surface area (Å²) in [6, 6.07) is 12.8. The van der Waals surface area contributed by atoms with E-state index in [0.29, 0.717) is 22.2 Å². The van der Waals surface area contributed by atoms with Crippen molar-refractivity contribution in [2.75, 3.05) is 0 Å². The molecule has 0 saturated heterocycles. The third-order valence-electron chi connectivity index (χ3n) is 5.98. The first-order valence-electron chi connectivity index (χ1n) is 10.9. The Morgan fingerprint density at radius 2 is 1.65 bits per heavy atom. The number of halogens is 2. The molecule has 1 aliphatic rings. The minimum Gasteiger partial charge on any atom is -0.352 e. The van der Waals surface area contributed by atoms with Crippen LogP contribution in [0.3, 0.4) is 0 Å². The molecule has 0 heterocycles. The molecule has 1 unspecified atom stereocenters. The van der Waals surface area contributed by atoms with Crippen LogP contribution in [0.15, 0.2) is 42.5 Å². The monoisotopic (exact) mass is 460 g/mol. The van der Waals surface area contributed by atoms with Crippen molar-refractivity contribution >= 4 is 35.0 Å². The number of hydrogen-bond acceptors (Lipinski definition) is 2. The number of hydrogen-bond donors (Lipinski definition) is 1. The molecule has 1 atom stereocenters. The number of amides is 2. The minimum absolute atomic E-state index is 0.0470. The largest absolute Gasteiger partial charge is 0.352 e. The predicted molar refractivity (Wildman–Crippen MR) is 126 cm³/mol. The Hall–Kier alpha value is -2.04. The van der Waals surface area contributed by atoms with Gasteiger partial charge in [0.15, 0.2) is 0 Å². The van der Waals surface area contributed by atoms with Crippen molar-refractivity contribution < 1.29 is 9.59 Å². The van der Waals surface area contributed by atoms with Crippen LogP contribution >= 0.6 is 23.2 Å². The molecule has 0 spiro atoms. The molecule has 1 N–H and O–H groups in total. The van der Waals surface area contributed by atoms with E-state index in [1.54, 1.807) is 30.0 Å². The molecule has 1 saturated carbocycles. The molecule has 0 aromatic heterocycles. The number of carbonyl (C=O) groups is 2. The second kappa shape index (κ2) is 11.0. The highest BCUT2D eigenvalue weighted by atomic mass is 35.5. The molecule has 1 fully saturated rings. The van der Waals surface area contributed by atoms with Gasteiger partial charge in [0.1, 0.15) is 6.04 Å². The predicted octanol–water partition coefficient (Wildman–Crippen LogP) is 5.71. The smallest absolute Gasteiger partial charge is 0.242 e. The van der Waals surface area contributed by atoms with Crippen molar-refractivity contribution in [3.05, 3.63) is 69.2 Å². The van der Waals surface area contributed by atoms with E-state index in [1.165, 1.54) is 6.42 Å². The Morgan fingerprint density at radius 1 is 1.03 bits per heavy atom. The van der Waals surface area contributed by atoms with Crippen molar-refractivity contribution in [2.45, 2.75) is 71.0 Å². The molecule has 1 aliphatic carbocycles. The van der Waals surface area contributed by atoms with E-state index in [-0.39, 0.29) is 24.3 Å². The first-order chi connectivity index (χ1) is 14.8. The van der Waals surface area contributed by atoms with Crippen molar-refractivity contribution in [3.63, 3.8) is 0 Å². The molecule has 4 nitrogen and oxygen atoms in total. The molecular formula is C25H30Cl2N2O2. The zero-order valence-electron chi connectivity index (χ0n) is 18.2. The van der Waals surface area contributed by atoms with Crippen LogP contribution in [0.2, 0.25) is 10.0 Å². The second-order valence-corrected chi connectivity index (χ2v) is 9.22. The topological polar surface area (TPSA) is 49.4 Å². The van der Waals surface area contributed by atoms with Crippen LogP contribution in [0.4, 0.5) is 0 Å². The molecule has 6 heteroatoms. The highest BCUT2D eigenvalue weighted by Crippen LogP contribution is 2.26. The summed E-state index contributed by atoms with van der Waals surface area (Å²) in [5, 5.41) is 4.06. The van der Waals surface area contributed by atoms with E-state index in [4.69, 9.17) is 23.2 Å². The summed E-state index contributed by atoms with van der Waals surface area (Å²) in [5.41, 5.74) is 2.71. The Morgan fingerprint density at radius 3 is 2.26 bits per heavy atom. The summed E-state index contributed by atoms with van der Waals surface area (Å²) in [4.78, 5) is 28.0. The fraction of sp³-hybridized carbons (Fsp3) is 0.440. The van der Waals surface area contributed by atoms with E-state index < -0.39 is 6.04 Å². The SMILES string of the molecule is Cc1ccc(CN(C(=O)Cc2c(Cl)cccc2Cl)C(C)C(=O)NC2CCCCC2)cc1. The van der Waals surface area contributed by atoms with Gasteiger partial charge in [-0.3, -0.25) is 9.59 Å².